The Labute approximate surface area is 91.3 Å². The minimum atomic E-state index is 0.110. The summed E-state index contributed by atoms with van der Waals surface area (Å²) in [5.74, 6) is 0. The van der Waals surface area contributed by atoms with Crippen LogP contribution >= 0.6 is 0 Å². The Morgan fingerprint density at radius 3 is 2.07 bits per heavy atom. The first-order valence-electron chi connectivity index (χ1n) is 6.26. The lowest BCUT2D eigenvalue weighted by Gasteiger charge is -2.28. The van der Waals surface area contributed by atoms with Gasteiger partial charge in [0.25, 0.3) is 0 Å². The van der Waals surface area contributed by atoms with Crippen LogP contribution in [0.5, 0.6) is 0 Å². The lowest BCUT2D eigenvalue weighted by atomic mass is 9.64. The SMILES string of the molecule is [B]C1(C)CCCCC(C)(CC)CCC1. The predicted octanol–water partition coefficient (Wildman–Crippen LogP) is 4.49. The van der Waals surface area contributed by atoms with E-state index in [4.69, 9.17) is 7.85 Å². The third-order valence-electron chi connectivity index (χ3n) is 4.16. The molecule has 14 heavy (non-hydrogen) atoms. The van der Waals surface area contributed by atoms with Crippen LogP contribution in [0.25, 0.3) is 0 Å². The zero-order valence-corrected chi connectivity index (χ0v) is 10.2. The second-order valence-corrected chi connectivity index (χ2v) is 5.88. The molecule has 2 radical (unpaired) electrons. The molecule has 0 aromatic rings. The highest BCUT2D eigenvalue weighted by atomic mass is 14.3. The van der Waals surface area contributed by atoms with Gasteiger partial charge in [-0.05, 0) is 18.3 Å². The molecule has 0 saturated heterocycles. The predicted molar refractivity (Wildman–Crippen MR) is 64.8 cm³/mol. The van der Waals surface area contributed by atoms with E-state index in [1.807, 2.05) is 0 Å². The fourth-order valence-electron chi connectivity index (χ4n) is 2.60. The van der Waals surface area contributed by atoms with Crippen LogP contribution in [0.2, 0.25) is 5.31 Å². The van der Waals surface area contributed by atoms with Gasteiger partial charge in [0.05, 0.1) is 7.85 Å². The van der Waals surface area contributed by atoms with Gasteiger partial charge in [-0.1, -0.05) is 64.6 Å². The van der Waals surface area contributed by atoms with E-state index in [0.717, 1.165) is 0 Å². The van der Waals surface area contributed by atoms with Crippen LogP contribution < -0.4 is 0 Å². The molecule has 80 valence electrons. The Hall–Kier alpha value is 0.0649. The first-order chi connectivity index (χ1) is 6.47. The second-order valence-electron chi connectivity index (χ2n) is 5.88. The van der Waals surface area contributed by atoms with Crippen molar-refractivity contribution in [1.82, 2.24) is 0 Å². The molecule has 1 aliphatic rings. The van der Waals surface area contributed by atoms with Gasteiger partial charge in [0.15, 0.2) is 0 Å². The fourth-order valence-corrected chi connectivity index (χ4v) is 2.60. The maximum absolute atomic E-state index is 6.25. The summed E-state index contributed by atoms with van der Waals surface area (Å²) in [6.07, 6.45) is 10.5. The van der Waals surface area contributed by atoms with Crippen molar-refractivity contribution in [2.45, 2.75) is 77.5 Å². The summed E-state index contributed by atoms with van der Waals surface area (Å²) in [7, 11) is 6.25. The van der Waals surface area contributed by atoms with Crippen molar-refractivity contribution in [3.63, 3.8) is 0 Å². The summed E-state index contributed by atoms with van der Waals surface area (Å²) in [5.41, 5.74) is 0.598. The van der Waals surface area contributed by atoms with Gasteiger partial charge in [-0.25, -0.2) is 0 Å². The topological polar surface area (TPSA) is 0 Å². The Kier molecular flexibility index (Phi) is 4.09. The molecule has 1 fully saturated rings. The van der Waals surface area contributed by atoms with Crippen LogP contribution in [0.3, 0.4) is 0 Å². The molecule has 0 aromatic carbocycles. The quantitative estimate of drug-likeness (QED) is 0.537. The van der Waals surface area contributed by atoms with Crippen molar-refractivity contribution in [3.05, 3.63) is 0 Å². The van der Waals surface area contributed by atoms with Crippen molar-refractivity contribution in [1.29, 1.82) is 0 Å². The monoisotopic (exact) mass is 192 g/mol. The minimum absolute atomic E-state index is 0.110. The highest BCUT2D eigenvalue weighted by Crippen LogP contribution is 2.42. The Morgan fingerprint density at radius 2 is 1.43 bits per heavy atom. The molecule has 0 N–H and O–H groups in total. The fraction of sp³-hybridized carbons (Fsp3) is 1.00. The first-order valence-corrected chi connectivity index (χ1v) is 6.26. The molecule has 2 unspecified atom stereocenters. The highest BCUT2D eigenvalue weighted by molar-refractivity contribution is 6.14. The molecule has 0 amide bonds. The van der Waals surface area contributed by atoms with E-state index >= 15 is 0 Å². The molecule has 2 atom stereocenters. The molecule has 0 spiro atoms. The van der Waals surface area contributed by atoms with Gasteiger partial charge in [-0.15, -0.1) is 0 Å². The zero-order chi connectivity index (χ0) is 10.7. The van der Waals surface area contributed by atoms with Crippen LogP contribution in [0, 0.1) is 5.41 Å². The van der Waals surface area contributed by atoms with E-state index in [1.54, 1.807) is 0 Å². The van der Waals surface area contributed by atoms with Crippen LogP contribution in [-0.4, -0.2) is 7.85 Å². The third-order valence-corrected chi connectivity index (χ3v) is 4.16. The summed E-state index contributed by atoms with van der Waals surface area (Å²) in [5, 5.41) is 0.110. The Bertz CT molecular complexity index is 174. The maximum atomic E-state index is 6.25. The van der Waals surface area contributed by atoms with Crippen LogP contribution in [0.15, 0.2) is 0 Å². The molecular weight excluding hydrogens is 167 g/mol. The smallest absolute Gasteiger partial charge is 0.0688 e. The van der Waals surface area contributed by atoms with Crippen molar-refractivity contribution in [2.75, 3.05) is 0 Å². The highest BCUT2D eigenvalue weighted by Gasteiger charge is 2.25. The average molecular weight is 192 g/mol. The van der Waals surface area contributed by atoms with Crippen molar-refractivity contribution >= 4 is 7.85 Å². The van der Waals surface area contributed by atoms with Crippen LogP contribution in [-0.2, 0) is 0 Å². The van der Waals surface area contributed by atoms with E-state index in [0.29, 0.717) is 5.41 Å². The molecule has 0 nitrogen and oxygen atoms in total. The lowest BCUT2D eigenvalue weighted by molar-refractivity contribution is 0.248. The number of hydrogen-bond acceptors (Lipinski definition) is 0. The van der Waals surface area contributed by atoms with Crippen molar-refractivity contribution in [2.24, 2.45) is 5.41 Å². The summed E-state index contributed by atoms with van der Waals surface area (Å²) in [4.78, 5) is 0. The van der Waals surface area contributed by atoms with E-state index in [9.17, 15) is 0 Å². The zero-order valence-electron chi connectivity index (χ0n) is 10.2. The van der Waals surface area contributed by atoms with Gasteiger partial charge >= 0.3 is 0 Å². The normalized spacial score (nSPS) is 41.1. The van der Waals surface area contributed by atoms with Gasteiger partial charge in [0, 0.05) is 0 Å². The van der Waals surface area contributed by atoms with Gasteiger partial charge in [0.1, 0.15) is 0 Å². The molecule has 1 aliphatic carbocycles. The Balaban J connectivity index is 2.52. The first kappa shape index (κ1) is 12.1. The van der Waals surface area contributed by atoms with E-state index in [2.05, 4.69) is 20.8 Å². The van der Waals surface area contributed by atoms with E-state index in [-0.39, 0.29) is 5.31 Å². The largest absolute Gasteiger partial charge is 0.0742 e. The average Bonchev–Trinajstić information content (AvgIpc) is 2.17. The summed E-state index contributed by atoms with van der Waals surface area (Å²) in [6.45, 7) is 7.01. The standard InChI is InChI=1S/C13H25B/c1-4-12(2)8-5-6-10-13(3,14)11-7-9-12/h4-11H2,1-3H3. The lowest BCUT2D eigenvalue weighted by Crippen LogP contribution is -2.14. The molecule has 1 rings (SSSR count). The van der Waals surface area contributed by atoms with Crippen LogP contribution in [0.1, 0.15) is 72.1 Å². The van der Waals surface area contributed by atoms with Gasteiger partial charge in [-0.2, -0.15) is 0 Å². The summed E-state index contributed by atoms with van der Waals surface area (Å²) < 4.78 is 0. The number of rotatable bonds is 1. The van der Waals surface area contributed by atoms with Crippen LogP contribution in [0.4, 0.5) is 0 Å². The summed E-state index contributed by atoms with van der Waals surface area (Å²) >= 11 is 0. The molecule has 1 heteroatoms. The summed E-state index contributed by atoms with van der Waals surface area (Å²) in [6, 6.07) is 0. The minimum Gasteiger partial charge on any atom is -0.0688 e. The molecule has 0 heterocycles. The van der Waals surface area contributed by atoms with E-state index in [1.165, 1.54) is 51.4 Å². The number of hydrogen-bond donors (Lipinski definition) is 0. The molecular formula is C13H25B. The van der Waals surface area contributed by atoms with E-state index < -0.39 is 0 Å². The van der Waals surface area contributed by atoms with Gasteiger partial charge < -0.3 is 0 Å². The maximum Gasteiger partial charge on any atom is 0.0742 e. The second kappa shape index (κ2) is 4.72. The van der Waals surface area contributed by atoms with Crippen molar-refractivity contribution < 1.29 is 0 Å². The molecule has 0 bridgehead atoms. The third kappa shape index (κ3) is 3.67. The van der Waals surface area contributed by atoms with Gasteiger partial charge in [-0.3, -0.25) is 0 Å². The van der Waals surface area contributed by atoms with Crippen molar-refractivity contribution in [3.8, 4) is 0 Å². The molecule has 1 saturated carbocycles. The molecule has 0 aromatic heterocycles. The molecule has 0 aliphatic heterocycles. The Morgan fingerprint density at radius 1 is 0.929 bits per heavy atom. The van der Waals surface area contributed by atoms with Gasteiger partial charge in [0.2, 0.25) is 0 Å².